The molecule has 0 atom stereocenters. The van der Waals surface area contributed by atoms with Gasteiger partial charge >= 0.3 is 11.9 Å². The van der Waals surface area contributed by atoms with E-state index in [0.29, 0.717) is 12.4 Å². The van der Waals surface area contributed by atoms with Crippen molar-refractivity contribution in [3.8, 4) is 0 Å². The quantitative estimate of drug-likeness (QED) is 0.139. The first-order valence-electron chi connectivity index (χ1n) is 13.3. The van der Waals surface area contributed by atoms with Crippen molar-refractivity contribution < 1.29 is 28.7 Å². The third kappa shape index (κ3) is 20.0. The number of thiazole rings is 1. The molecule has 0 radical (unpaired) electrons. The number of carbonyl (C=O) groups is 4. The van der Waals surface area contributed by atoms with E-state index in [4.69, 9.17) is 0 Å². The highest BCUT2D eigenvalue weighted by Crippen LogP contribution is 2.18. The first kappa shape index (κ1) is 38.5. The molecule has 0 fully saturated rings. The number of nitrogens with one attached hydrogen (secondary N) is 2. The molecule has 0 bridgehead atoms. The number of hydrogen-bond donors (Lipinski definition) is 3. The van der Waals surface area contributed by atoms with Crippen LogP contribution >= 0.6 is 24.0 Å². The number of carbonyl (C=O) groups excluding carboxylic acids is 4. The molecule has 1 aromatic heterocycles. The summed E-state index contributed by atoms with van der Waals surface area (Å²) < 4.78 is 8.87. The van der Waals surface area contributed by atoms with Gasteiger partial charge in [0.15, 0.2) is 0 Å². The minimum absolute atomic E-state index is 0.217. The molecular formula is C28H47N3O6S2. The van der Waals surface area contributed by atoms with Gasteiger partial charge in [-0.05, 0) is 18.8 Å². The minimum atomic E-state index is -0.781. The summed E-state index contributed by atoms with van der Waals surface area (Å²) >= 11 is 5.20. The maximum Gasteiger partial charge on any atom is 0.353 e. The van der Waals surface area contributed by atoms with Crippen molar-refractivity contribution in [1.29, 1.82) is 0 Å². The molecule has 0 spiro atoms. The molecule has 11 heteroatoms. The van der Waals surface area contributed by atoms with E-state index in [-0.39, 0.29) is 23.1 Å². The van der Waals surface area contributed by atoms with Crippen LogP contribution in [0.5, 0.6) is 0 Å². The Hall–Kier alpha value is -2.66. The van der Waals surface area contributed by atoms with Gasteiger partial charge in [-0.15, -0.1) is 11.3 Å². The zero-order valence-electron chi connectivity index (χ0n) is 24.4. The van der Waals surface area contributed by atoms with Crippen LogP contribution < -0.4 is 10.6 Å². The van der Waals surface area contributed by atoms with Gasteiger partial charge in [0.25, 0.3) is 11.8 Å². The largest absolute Gasteiger partial charge is 0.465 e. The Morgan fingerprint density at radius 2 is 1.54 bits per heavy atom. The van der Waals surface area contributed by atoms with E-state index in [1.165, 1.54) is 56.8 Å². The number of hydrogen-bond acceptors (Lipinski definition) is 9. The van der Waals surface area contributed by atoms with Crippen molar-refractivity contribution in [2.24, 2.45) is 5.92 Å². The van der Waals surface area contributed by atoms with E-state index in [1.807, 2.05) is 6.92 Å². The summed E-state index contributed by atoms with van der Waals surface area (Å²) in [6, 6.07) is 0. The van der Waals surface area contributed by atoms with Crippen LogP contribution in [0.15, 0.2) is 29.9 Å². The molecule has 222 valence electrons. The first-order valence-corrected chi connectivity index (χ1v) is 14.8. The van der Waals surface area contributed by atoms with Crippen molar-refractivity contribution in [3.05, 3.63) is 40.6 Å². The molecule has 0 aliphatic rings. The molecule has 1 aromatic rings. The smallest absolute Gasteiger partial charge is 0.353 e. The molecule has 0 aromatic carbocycles. The molecule has 39 heavy (non-hydrogen) atoms. The Balaban J connectivity index is 0. The van der Waals surface area contributed by atoms with Crippen LogP contribution in [0.25, 0.3) is 0 Å². The lowest BCUT2D eigenvalue weighted by molar-refractivity contribution is -0.140. The zero-order valence-corrected chi connectivity index (χ0v) is 26.1. The molecule has 9 nitrogen and oxygen atoms in total. The highest BCUT2D eigenvalue weighted by Gasteiger charge is 2.17. The number of nitrogens with zero attached hydrogens (tertiary/aromatic N) is 1. The summed E-state index contributed by atoms with van der Waals surface area (Å²) in [4.78, 5) is 48.9. The summed E-state index contributed by atoms with van der Waals surface area (Å²) in [6.45, 7) is 17.5. The molecule has 2 amide bonds. The van der Waals surface area contributed by atoms with Gasteiger partial charge in [-0.25, -0.2) is 9.78 Å². The van der Waals surface area contributed by atoms with E-state index in [0.717, 1.165) is 30.9 Å². The second kappa shape index (κ2) is 24.4. The van der Waals surface area contributed by atoms with Gasteiger partial charge in [0, 0.05) is 18.1 Å². The average Bonchev–Trinajstić information content (AvgIpc) is 3.37. The highest BCUT2D eigenvalue weighted by molar-refractivity contribution is 7.80. The van der Waals surface area contributed by atoms with Gasteiger partial charge < -0.3 is 20.1 Å². The average molecular weight is 586 g/mol. The maximum absolute atomic E-state index is 11.9. The standard InChI is InChI=1S/C14H17N3O4S.C10H22.C4H8O2S/c1-5-6-11-17-10(7-22-11)13(19)15-8(2)12(18)16-9(3)14(20)21-4;1-4-7-10(8-5-2)9-6-3;1-4(5)6-2-3-7/h7H,2-3,5-6H2,1,4H3,(H,15,19)(H,16,18);10H,4-9H2,1-3H3;7H,2-3H2,1H3. The molecule has 0 saturated heterocycles. The van der Waals surface area contributed by atoms with E-state index in [2.05, 4.69) is 71.6 Å². The number of aromatic nitrogens is 1. The van der Waals surface area contributed by atoms with Gasteiger partial charge in [0.05, 0.1) is 17.8 Å². The lowest BCUT2D eigenvalue weighted by atomic mass is 9.94. The van der Waals surface area contributed by atoms with Crippen LogP contribution in [0.3, 0.4) is 0 Å². The third-order valence-electron chi connectivity index (χ3n) is 4.97. The molecule has 0 aliphatic carbocycles. The van der Waals surface area contributed by atoms with E-state index >= 15 is 0 Å². The van der Waals surface area contributed by atoms with Gasteiger partial charge in [-0.2, -0.15) is 12.6 Å². The molecule has 2 N–H and O–H groups in total. The van der Waals surface area contributed by atoms with Crippen LogP contribution in [-0.2, 0) is 30.3 Å². The number of methoxy groups -OCH3 is 1. The molecule has 1 rings (SSSR count). The van der Waals surface area contributed by atoms with Crippen LogP contribution in [0.1, 0.15) is 95.1 Å². The maximum atomic E-state index is 11.9. The molecule has 0 aliphatic heterocycles. The fourth-order valence-corrected chi connectivity index (χ4v) is 4.21. The molecular weight excluding hydrogens is 538 g/mol. The van der Waals surface area contributed by atoms with Crippen LogP contribution in [0, 0.1) is 5.92 Å². The van der Waals surface area contributed by atoms with Gasteiger partial charge in [-0.1, -0.05) is 79.4 Å². The van der Waals surface area contributed by atoms with Crippen molar-refractivity contribution in [1.82, 2.24) is 15.6 Å². The molecule has 1 heterocycles. The fraction of sp³-hybridized carbons (Fsp3) is 0.607. The monoisotopic (exact) mass is 585 g/mol. The summed E-state index contributed by atoms with van der Waals surface area (Å²) in [6.07, 6.45) is 10.2. The van der Waals surface area contributed by atoms with Crippen molar-refractivity contribution in [2.45, 2.75) is 86.0 Å². The zero-order chi connectivity index (χ0) is 30.2. The van der Waals surface area contributed by atoms with Crippen LogP contribution in [-0.4, -0.2) is 48.2 Å². The van der Waals surface area contributed by atoms with Crippen LogP contribution in [0.4, 0.5) is 0 Å². The molecule has 0 unspecified atom stereocenters. The van der Waals surface area contributed by atoms with Crippen molar-refractivity contribution in [2.75, 3.05) is 19.5 Å². The fourth-order valence-electron chi connectivity index (χ4n) is 3.24. The topological polar surface area (TPSA) is 124 Å². The minimum Gasteiger partial charge on any atom is -0.465 e. The van der Waals surface area contributed by atoms with E-state index in [1.54, 1.807) is 5.38 Å². The summed E-state index contributed by atoms with van der Waals surface area (Å²) in [5, 5.41) is 6.95. The Labute approximate surface area is 243 Å². The normalized spacial score (nSPS) is 9.74. The second-order valence-electron chi connectivity index (χ2n) is 8.53. The predicted octanol–water partition coefficient (Wildman–Crippen LogP) is 5.62. The Bertz CT molecular complexity index is 887. The van der Waals surface area contributed by atoms with Gasteiger partial charge in [0.1, 0.15) is 18.0 Å². The summed E-state index contributed by atoms with van der Waals surface area (Å²) in [7, 11) is 1.16. The van der Waals surface area contributed by atoms with Gasteiger partial charge in [-0.3, -0.25) is 14.4 Å². The Morgan fingerprint density at radius 1 is 0.974 bits per heavy atom. The van der Waals surface area contributed by atoms with E-state index in [9.17, 15) is 19.2 Å². The van der Waals surface area contributed by atoms with Crippen molar-refractivity contribution in [3.63, 3.8) is 0 Å². The predicted molar refractivity (Wildman–Crippen MR) is 161 cm³/mol. The molecule has 0 saturated carbocycles. The summed E-state index contributed by atoms with van der Waals surface area (Å²) in [5.74, 6) is -0.694. The van der Waals surface area contributed by atoms with Crippen molar-refractivity contribution >= 4 is 47.7 Å². The van der Waals surface area contributed by atoms with E-state index < -0.39 is 17.8 Å². The Morgan fingerprint density at radius 3 is 1.95 bits per heavy atom. The van der Waals surface area contributed by atoms with Gasteiger partial charge in [0.2, 0.25) is 0 Å². The third-order valence-corrected chi connectivity index (χ3v) is 6.06. The number of aryl methyl sites for hydroxylation is 1. The van der Waals surface area contributed by atoms with Crippen LogP contribution in [0.2, 0.25) is 0 Å². The number of amides is 2. The lowest BCUT2D eigenvalue weighted by Gasteiger charge is -2.12. The number of esters is 2. The second-order valence-corrected chi connectivity index (χ2v) is 9.92. The number of ether oxygens (including phenoxy) is 2. The lowest BCUT2D eigenvalue weighted by Crippen LogP contribution is -2.35. The highest BCUT2D eigenvalue weighted by atomic mass is 32.1. The summed E-state index contributed by atoms with van der Waals surface area (Å²) in [5.41, 5.74) is -0.254. The Kier molecular flexibility index (Phi) is 24.1. The SMILES string of the molecule is C=C(NC(=O)c1csc(CCC)n1)C(=O)NC(=C)C(=O)OC.CC(=O)OCCS.CCCC(CCC)CCC. The first-order chi connectivity index (χ1) is 18.5. The number of rotatable bonds is 15. The number of thiol groups is 1.